The molecule has 0 N–H and O–H groups in total. The standard InChI is InChI=1S/C19H19N5OS/c1-25-13-10-8-12(9-11-13)17-20-19-16(18-21-22-23-24(17)18)14-6-4-2-3-5-7-15(14)26-19/h8-11H,2-7H2,1H3. The van der Waals surface area contributed by atoms with E-state index in [-0.39, 0.29) is 0 Å². The quantitative estimate of drug-likeness (QED) is 0.536. The van der Waals surface area contributed by atoms with Gasteiger partial charge in [-0.25, -0.2) is 4.98 Å². The normalized spacial score (nSPS) is 15.0. The van der Waals surface area contributed by atoms with Crippen molar-refractivity contribution in [3.8, 4) is 17.1 Å². The molecule has 4 aromatic rings. The van der Waals surface area contributed by atoms with E-state index in [0.29, 0.717) is 0 Å². The zero-order valence-corrected chi connectivity index (χ0v) is 15.4. The van der Waals surface area contributed by atoms with Gasteiger partial charge in [0.05, 0.1) is 12.5 Å². The third kappa shape index (κ3) is 2.46. The Labute approximate surface area is 154 Å². The van der Waals surface area contributed by atoms with Crippen LogP contribution in [-0.2, 0) is 12.8 Å². The van der Waals surface area contributed by atoms with E-state index in [1.807, 2.05) is 35.6 Å². The van der Waals surface area contributed by atoms with Crippen LogP contribution >= 0.6 is 11.3 Å². The Morgan fingerprint density at radius 1 is 1.04 bits per heavy atom. The summed E-state index contributed by atoms with van der Waals surface area (Å²) in [6.45, 7) is 0. The van der Waals surface area contributed by atoms with Crippen molar-refractivity contribution < 1.29 is 4.74 Å². The highest BCUT2D eigenvalue weighted by molar-refractivity contribution is 7.19. The molecule has 132 valence electrons. The molecule has 1 aromatic carbocycles. The first kappa shape index (κ1) is 15.7. The van der Waals surface area contributed by atoms with Gasteiger partial charge in [0.1, 0.15) is 10.6 Å². The fraction of sp³-hybridized carbons (Fsp3) is 0.368. The first-order valence-corrected chi connectivity index (χ1v) is 9.83. The Hall–Kier alpha value is -2.54. The second kappa shape index (κ2) is 6.32. The Balaban J connectivity index is 1.75. The monoisotopic (exact) mass is 365 g/mol. The van der Waals surface area contributed by atoms with E-state index in [1.54, 1.807) is 11.6 Å². The van der Waals surface area contributed by atoms with E-state index >= 15 is 0 Å². The van der Waals surface area contributed by atoms with Crippen molar-refractivity contribution in [2.75, 3.05) is 7.11 Å². The van der Waals surface area contributed by atoms with E-state index in [4.69, 9.17) is 9.72 Å². The number of rotatable bonds is 2. The maximum absolute atomic E-state index is 5.26. The number of hydrogen-bond acceptors (Lipinski definition) is 6. The molecular weight excluding hydrogens is 346 g/mol. The predicted octanol–water partition coefficient (Wildman–Crippen LogP) is 4.07. The van der Waals surface area contributed by atoms with Crippen LogP contribution in [-0.4, -0.2) is 32.1 Å². The van der Waals surface area contributed by atoms with Gasteiger partial charge < -0.3 is 4.74 Å². The smallest absolute Gasteiger partial charge is 0.192 e. The molecule has 0 unspecified atom stereocenters. The van der Waals surface area contributed by atoms with E-state index in [0.717, 1.165) is 45.8 Å². The molecule has 3 aromatic heterocycles. The van der Waals surface area contributed by atoms with Gasteiger partial charge in [-0.1, -0.05) is 12.8 Å². The third-order valence-electron chi connectivity index (χ3n) is 5.10. The van der Waals surface area contributed by atoms with Gasteiger partial charge in [-0.15, -0.1) is 16.4 Å². The molecule has 0 atom stereocenters. The number of methoxy groups -OCH3 is 1. The molecule has 0 bridgehead atoms. The molecule has 0 fully saturated rings. The van der Waals surface area contributed by atoms with Crippen LogP contribution in [0.15, 0.2) is 24.3 Å². The van der Waals surface area contributed by atoms with E-state index < -0.39 is 0 Å². The lowest BCUT2D eigenvalue weighted by atomic mass is 9.98. The van der Waals surface area contributed by atoms with Crippen LogP contribution < -0.4 is 4.74 Å². The lowest BCUT2D eigenvalue weighted by molar-refractivity contribution is 0.415. The van der Waals surface area contributed by atoms with Crippen molar-refractivity contribution in [3.63, 3.8) is 0 Å². The topological polar surface area (TPSA) is 65.2 Å². The van der Waals surface area contributed by atoms with Crippen LogP contribution in [0, 0.1) is 0 Å². The molecule has 0 amide bonds. The Bertz CT molecular complexity index is 1080. The molecule has 0 spiro atoms. The third-order valence-corrected chi connectivity index (χ3v) is 6.29. The van der Waals surface area contributed by atoms with E-state index in [2.05, 4.69) is 15.5 Å². The van der Waals surface area contributed by atoms with Gasteiger partial charge in [0.25, 0.3) is 0 Å². The number of ether oxygens (including phenoxy) is 1. The number of aromatic nitrogens is 5. The zero-order valence-electron chi connectivity index (χ0n) is 14.6. The number of fused-ring (bicyclic) bond motifs is 5. The molecule has 1 aliphatic rings. The average Bonchev–Trinajstić information content (AvgIpc) is 3.25. The average molecular weight is 365 g/mol. The second-order valence-corrected chi connectivity index (χ2v) is 7.76. The van der Waals surface area contributed by atoms with Gasteiger partial charge in [-0.05, 0) is 65.9 Å². The summed E-state index contributed by atoms with van der Waals surface area (Å²) in [5.74, 6) is 1.59. The van der Waals surface area contributed by atoms with Gasteiger partial charge in [0.15, 0.2) is 11.5 Å². The number of hydrogen-bond donors (Lipinski definition) is 0. The van der Waals surface area contributed by atoms with Crippen molar-refractivity contribution in [3.05, 3.63) is 34.7 Å². The minimum absolute atomic E-state index is 0.773. The fourth-order valence-electron chi connectivity index (χ4n) is 3.77. The maximum Gasteiger partial charge on any atom is 0.192 e. The summed E-state index contributed by atoms with van der Waals surface area (Å²) in [6.07, 6.45) is 7.35. The molecule has 0 saturated carbocycles. The van der Waals surface area contributed by atoms with Crippen LogP contribution in [0.1, 0.15) is 36.1 Å². The van der Waals surface area contributed by atoms with Gasteiger partial charge in [-0.2, -0.15) is 4.52 Å². The summed E-state index contributed by atoms with van der Waals surface area (Å²) in [5.41, 5.74) is 3.21. The van der Waals surface area contributed by atoms with Gasteiger partial charge >= 0.3 is 0 Å². The van der Waals surface area contributed by atoms with Crippen LogP contribution in [0.5, 0.6) is 5.75 Å². The minimum atomic E-state index is 0.773. The molecule has 0 radical (unpaired) electrons. The molecule has 1 aliphatic carbocycles. The van der Waals surface area contributed by atoms with Gasteiger partial charge in [-0.3, -0.25) is 0 Å². The lowest BCUT2D eigenvalue weighted by Gasteiger charge is -2.09. The molecular formula is C19H19N5OS. The largest absolute Gasteiger partial charge is 0.497 e. The molecule has 6 nitrogen and oxygen atoms in total. The summed E-state index contributed by atoms with van der Waals surface area (Å²) in [4.78, 5) is 7.47. The van der Waals surface area contributed by atoms with Crippen molar-refractivity contribution in [2.24, 2.45) is 0 Å². The first-order valence-electron chi connectivity index (χ1n) is 9.02. The molecule has 0 aliphatic heterocycles. The SMILES string of the molecule is COc1ccc(-c2nc3sc4c(c3c3nnnn23)CCCCCC4)cc1. The van der Waals surface area contributed by atoms with Crippen LogP contribution in [0.4, 0.5) is 0 Å². The lowest BCUT2D eigenvalue weighted by Crippen LogP contribution is -2.00. The van der Waals surface area contributed by atoms with E-state index in [9.17, 15) is 0 Å². The predicted molar refractivity (Wildman–Crippen MR) is 102 cm³/mol. The van der Waals surface area contributed by atoms with Crippen molar-refractivity contribution in [1.82, 2.24) is 25.0 Å². The van der Waals surface area contributed by atoms with Crippen LogP contribution in [0.25, 0.3) is 27.3 Å². The Morgan fingerprint density at radius 2 is 1.85 bits per heavy atom. The number of benzene rings is 1. The van der Waals surface area contributed by atoms with Crippen LogP contribution in [0.2, 0.25) is 0 Å². The minimum Gasteiger partial charge on any atom is -0.497 e. The number of thiophene rings is 1. The first-order chi connectivity index (χ1) is 12.8. The maximum atomic E-state index is 5.26. The molecule has 26 heavy (non-hydrogen) atoms. The summed E-state index contributed by atoms with van der Waals surface area (Å²) in [6, 6.07) is 7.87. The number of aryl methyl sites for hydroxylation is 2. The summed E-state index contributed by atoms with van der Waals surface area (Å²) in [5, 5.41) is 13.7. The van der Waals surface area contributed by atoms with Crippen molar-refractivity contribution in [2.45, 2.75) is 38.5 Å². The zero-order chi connectivity index (χ0) is 17.5. The van der Waals surface area contributed by atoms with Crippen LogP contribution in [0.3, 0.4) is 0 Å². The highest BCUT2D eigenvalue weighted by Crippen LogP contribution is 2.37. The van der Waals surface area contributed by atoms with Gasteiger partial charge in [0, 0.05) is 10.4 Å². The fourth-order valence-corrected chi connectivity index (χ4v) is 5.03. The summed E-state index contributed by atoms with van der Waals surface area (Å²) in [7, 11) is 1.67. The molecule has 5 rings (SSSR count). The number of tetrazole rings is 1. The van der Waals surface area contributed by atoms with E-state index in [1.165, 1.54) is 36.1 Å². The Morgan fingerprint density at radius 3 is 2.65 bits per heavy atom. The highest BCUT2D eigenvalue weighted by atomic mass is 32.1. The second-order valence-electron chi connectivity index (χ2n) is 6.68. The summed E-state index contributed by atoms with van der Waals surface area (Å²) >= 11 is 1.81. The summed E-state index contributed by atoms with van der Waals surface area (Å²) < 4.78 is 7.03. The Kier molecular flexibility index (Phi) is 3.81. The van der Waals surface area contributed by atoms with Gasteiger partial charge in [0.2, 0.25) is 0 Å². The number of nitrogens with zero attached hydrogens (tertiary/aromatic N) is 5. The van der Waals surface area contributed by atoms with Crippen molar-refractivity contribution >= 4 is 27.2 Å². The highest BCUT2D eigenvalue weighted by Gasteiger charge is 2.21. The molecule has 0 saturated heterocycles. The molecule has 3 heterocycles. The molecule has 7 heteroatoms. The van der Waals surface area contributed by atoms with Crippen molar-refractivity contribution in [1.29, 1.82) is 0 Å².